The number of carbonyl (C=O) groups excluding carboxylic acids is 1. The average molecular weight is 376 g/mol. The zero-order chi connectivity index (χ0) is 16.3. The lowest BCUT2D eigenvalue weighted by atomic mass is 10.3. The number of carbonyl (C=O) groups is 1. The molecule has 0 N–H and O–H groups in total. The third-order valence-corrected chi connectivity index (χ3v) is 3.01. The van der Waals surface area contributed by atoms with E-state index in [1.807, 2.05) is 0 Å². The molecule has 0 radical (unpaired) electrons. The Balaban J connectivity index is 2.52. The van der Waals surface area contributed by atoms with Gasteiger partial charge in [-0.05, 0) is 24.3 Å². The summed E-state index contributed by atoms with van der Waals surface area (Å²) in [6.45, 7) is -0.613. The van der Waals surface area contributed by atoms with Gasteiger partial charge in [0.05, 0.1) is 6.54 Å². The molecule has 0 saturated carbocycles. The van der Waals surface area contributed by atoms with E-state index in [4.69, 9.17) is 4.74 Å². The number of nitrogens with zero attached hydrogens (tertiary/aromatic N) is 1. The number of benzene rings is 1. The maximum Gasteiger partial charge on any atom is 0.463 e. The van der Waals surface area contributed by atoms with Crippen LogP contribution in [0.5, 0.6) is 5.75 Å². The fraction of sp³-hybridized carbons (Fsp3) is 0.417. The Kier molecular flexibility index (Phi) is 5.54. The molecule has 0 unspecified atom stereocenters. The highest BCUT2D eigenvalue weighted by atomic mass is 79.9. The fourth-order valence-electron chi connectivity index (χ4n) is 1.29. The largest absolute Gasteiger partial charge is 0.492 e. The Morgan fingerprint density at radius 3 is 2.19 bits per heavy atom. The van der Waals surface area contributed by atoms with Gasteiger partial charge in [-0.15, -0.1) is 0 Å². The lowest BCUT2D eigenvalue weighted by molar-refractivity contribution is -0.274. The van der Waals surface area contributed by atoms with E-state index in [9.17, 15) is 26.7 Å². The van der Waals surface area contributed by atoms with Crippen molar-refractivity contribution in [3.63, 3.8) is 0 Å². The molecule has 0 aliphatic carbocycles. The summed E-state index contributed by atoms with van der Waals surface area (Å²) >= 11 is 3.20. The van der Waals surface area contributed by atoms with Gasteiger partial charge in [-0.1, -0.05) is 15.9 Å². The second-order valence-electron chi connectivity index (χ2n) is 4.10. The van der Waals surface area contributed by atoms with Crippen molar-refractivity contribution >= 4 is 21.8 Å². The Hall–Kier alpha value is -1.38. The SMILES string of the molecule is CN(CCOc1ccc(Br)cc1)C(=O)C(F)(F)C(F)(F)F. The van der Waals surface area contributed by atoms with Crippen molar-refractivity contribution in [2.45, 2.75) is 12.1 Å². The van der Waals surface area contributed by atoms with Crippen LogP contribution in [0.2, 0.25) is 0 Å². The van der Waals surface area contributed by atoms with E-state index in [1.54, 1.807) is 24.3 Å². The molecule has 0 spiro atoms. The molecule has 1 amide bonds. The highest BCUT2D eigenvalue weighted by Gasteiger charge is 2.64. The zero-order valence-electron chi connectivity index (χ0n) is 10.8. The van der Waals surface area contributed by atoms with Crippen LogP contribution in [0.3, 0.4) is 0 Å². The van der Waals surface area contributed by atoms with Gasteiger partial charge in [-0.3, -0.25) is 4.79 Å². The van der Waals surface area contributed by atoms with Crippen molar-refractivity contribution in [1.82, 2.24) is 4.90 Å². The maximum absolute atomic E-state index is 12.8. The van der Waals surface area contributed by atoms with Gasteiger partial charge in [0.15, 0.2) is 0 Å². The molecule has 0 heterocycles. The second kappa shape index (κ2) is 6.59. The average Bonchev–Trinajstić information content (AvgIpc) is 2.38. The molecule has 0 atom stereocenters. The molecule has 0 aliphatic rings. The summed E-state index contributed by atoms with van der Waals surface area (Å²) < 4.78 is 67.7. The van der Waals surface area contributed by atoms with Gasteiger partial charge in [0.25, 0.3) is 0 Å². The topological polar surface area (TPSA) is 29.5 Å². The van der Waals surface area contributed by atoms with Gasteiger partial charge in [0, 0.05) is 11.5 Å². The lowest BCUT2D eigenvalue weighted by Gasteiger charge is -2.24. The lowest BCUT2D eigenvalue weighted by Crippen LogP contribution is -2.51. The van der Waals surface area contributed by atoms with Crippen LogP contribution in [0.4, 0.5) is 22.0 Å². The quantitative estimate of drug-likeness (QED) is 0.737. The van der Waals surface area contributed by atoms with Crippen LogP contribution in [0.15, 0.2) is 28.7 Å². The van der Waals surface area contributed by atoms with Gasteiger partial charge in [0.1, 0.15) is 12.4 Å². The first-order valence-electron chi connectivity index (χ1n) is 5.64. The van der Waals surface area contributed by atoms with Crippen molar-refractivity contribution < 1.29 is 31.5 Å². The minimum Gasteiger partial charge on any atom is -0.492 e. The number of ether oxygens (including phenoxy) is 1. The van der Waals surface area contributed by atoms with E-state index >= 15 is 0 Å². The van der Waals surface area contributed by atoms with E-state index in [-0.39, 0.29) is 11.5 Å². The highest BCUT2D eigenvalue weighted by molar-refractivity contribution is 9.10. The molecule has 1 aromatic rings. The van der Waals surface area contributed by atoms with Crippen molar-refractivity contribution in [2.24, 2.45) is 0 Å². The Morgan fingerprint density at radius 2 is 1.71 bits per heavy atom. The summed E-state index contributed by atoms with van der Waals surface area (Å²) in [5, 5.41) is 0. The molecule has 21 heavy (non-hydrogen) atoms. The van der Waals surface area contributed by atoms with Crippen molar-refractivity contribution in [1.29, 1.82) is 0 Å². The Bertz CT molecular complexity index is 489. The van der Waals surface area contributed by atoms with Crippen LogP contribution in [0, 0.1) is 0 Å². The van der Waals surface area contributed by atoms with Gasteiger partial charge in [-0.25, -0.2) is 0 Å². The number of rotatable bonds is 5. The number of alkyl halides is 5. The van der Waals surface area contributed by atoms with Crippen LogP contribution in [0.25, 0.3) is 0 Å². The summed E-state index contributed by atoms with van der Waals surface area (Å²) in [6, 6.07) is 6.50. The van der Waals surface area contributed by atoms with Crippen LogP contribution in [-0.4, -0.2) is 43.1 Å². The van der Waals surface area contributed by atoms with Crippen LogP contribution in [0.1, 0.15) is 0 Å². The van der Waals surface area contributed by atoms with E-state index in [0.717, 1.165) is 11.5 Å². The summed E-state index contributed by atoms with van der Waals surface area (Å²) in [6.07, 6.45) is -5.91. The van der Waals surface area contributed by atoms with Gasteiger partial charge >= 0.3 is 18.0 Å². The molecule has 0 fully saturated rings. The number of likely N-dealkylation sites (N-methyl/N-ethyl adjacent to an activating group) is 1. The van der Waals surface area contributed by atoms with Crippen molar-refractivity contribution in [3.05, 3.63) is 28.7 Å². The molecule has 1 aromatic carbocycles. The summed E-state index contributed by atoms with van der Waals surface area (Å²) in [7, 11) is 0.854. The van der Waals surface area contributed by atoms with E-state index in [0.29, 0.717) is 5.75 Å². The molecule has 1 rings (SSSR count). The monoisotopic (exact) mass is 375 g/mol. The smallest absolute Gasteiger partial charge is 0.463 e. The van der Waals surface area contributed by atoms with E-state index in [2.05, 4.69) is 15.9 Å². The minimum absolute atomic E-state index is 0.211. The van der Waals surface area contributed by atoms with Gasteiger partial charge in [0.2, 0.25) is 0 Å². The van der Waals surface area contributed by atoms with Crippen LogP contribution in [-0.2, 0) is 4.79 Å². The van der Waals surface area contributed by atoms with Crippen LogP contribution >= 0.6 is 15.9 Å². The molecule has 118 valence electrons. The molecular formula is C12H11BrF5NO2. The molecule has 0 saturated heterocycles. The molecular weight excluding hydrogens is 365 g/mol. The summed E-state index contributed by atoms with van der Waals surface area (Å²) in [4.78, 5) is 11.4. The third-order valence-electron chi connectivity index (χ3n) is 2.48. The third kappa shape index (κ3) is 4.55. The van der Waals surface area contributed by atoms with E-state index < -0.39 is 24.6 Å². The predicted molar refractivity (Wildman–Crippen MR) is 68.3 cm³/mol. The number of hydrogen-bond acceptors (Lipinski definition) is 2. The summed E-state index contributed by atoms with van der Waals surface area (Å²) in [5.74, 6) is -7.31. The first kappa shape index (κ1) is 17.7. The number of amides is 1. The second-order valence-corrected chi connectivity index (χ2v) is 5.02. The van der Waals surface area contributed by atoms with Crippen molar-refractivity contribution in [2.75, 3.05) is 20.2 Å². The highest BCUT2D eigenvalue weighted by Crippen LogP contribution is 2.36. The Labute approximate surface area is 125 Å². The Morgan fingerprint density at radius 1 is 1.19 bits per heavy atom. The fourth-order valence-corrected chi connectivity index (χ4v) is 1.56. The number of hydrogen-bond donors (Lipinski definition) is 0. The normalized spacial score (nSPS) is 12.1. The van der Waals surface area contributed by atoms with E-state index in [1.165, 1.54) is 0 Å². The number of halogens is 6. The standard InChI is InChI=1S/C12H11BrF5NO2/c1-19(10(20)11(14,15)12(16,17)18)6-7-21-9-4-2-8(13)3-5-9/h2-5H,6-7H2,1H3. The minimum atomic E-state index is -5.91. The first-order valence-corrected chi connectivity index (χ1v) is 6.43. The molecule has 0 aliphatic heterocycles. The maximum atomic E-state index is 12.8. The van der Waals surface area contributed by atoms with Gasteiger partial charge in [-0.2, -0.15) is 22.0 Å². The molecule has 0 bridgehead atoms. The van der Waals surface area contributed by atoms with Crippen molar-refractivity contribution in [3.8, 4) is 5.75 Å². The predicted octanol–water partition coefficient (Wildman–Crippen LogP) is 3.48. The first-order chi connectivity index (χ1) is 9.55. The van der Waals surface area contributed by atoms with Gasteiger partial charge < -0.3 is 9.64 Å². The zero-order valence-corrected chi connectivity index (χ0v) is 12.3. The molecule has 9 heteroatoms. The van der Waals surface area contributed by atoms with Crippen LogP contribution < -0.4 is 4.74 Å². The summed E-state index contributed by atoms with van der Waals surface area (Å²) in [5.41, 5.74) is 0. The molecule has 0 aromatic heterocycles. The molecule has 3 nitrogen and oxygen atoms in total.